The largest absolute Gasteiger partial charge is 0.330 e. The molecular formula is C12H22N4. The predicted octanol–water partition coefficient (Wildman–Crippen LogP) is 1.24. The van der Waals surface area contributed by atoms with Crippen molar-refractivity contribution < 1.29 is 0 Å². The van der Waals surface area contributed by atoms with E-state index in [0.717, 1.165) is 19.6 Å². The van der Waals surface area contributed by atoms with Crippen LogP contribution >= 0.6 is 0 Å². The second-order valence-corrected chi connectivity index (χ2v) is 5.05. The van der Waals surface area contributed by atoms with Crippen molar-refractivity contribution in [2.24, 2.45) is 11.7 Å². The van der Waals surface area contributed by atoms with Gasteiger partial charge in [0.05, 0.1) is 6.20 Å². The number of aromatic nitrogens is 2. The first-order chi connectivity index (χ1) is 7.69. The molecule has 1 atom stereocenters. The average Bonchev–Trinajstić information content (AvgIpc) is 2.87. The fourth-order valence-corrected chi connectivity index (χ4v) is 2.25. The van der Waals surface area contributed by atoms with Crippen LogP contribution in [-0.2, 0) is 6.54 Å². The molecule has 90 valence electrons. The Morgan fingerprint density at radius 3 is 2.94 bits per heavy atom. The normalized spacial score (nSPS) is 22.1. The number of hydrogen-bond donors (Lipinski definition) is 1. The van der Waals surface area contributed by atoms with E-state index in [0.29, 0.717) is 12.0 Å². The molecule has 2 N–H and O–H groups in total. The van der Waals surface area contributed by atoms with Crippen LogP contribution in [0, 0.1) is 5.92 Å². The topological polar surface area (TPSA) is 47.1 Å². The third kappa shape index (κ3) is 2.62. The first kappa shape index (κ1) is 11.6. The summed E-state index contributed by atoms with van der Waals surface area (Å²) in [5.41, 5.74) is 7.00. The zero-order chi connectivity index (χ0) is 11.5. The summed E-state index contributed by atoms with van der Waals surface area (Å²) in [7, 11) is 0. The molecule has 0 aliphatic carbocycles. The van der Waals surface area contributed by atoms with Crippen LogP contribution < -0.4 is 5.73 Å². The number of likely N-dealkylation sites (tertiary alicyclic amines) is 1. The van der Waals surface area contributed by atoms with Gasteiger partial charge >= 0.3 is 0 Å². The number of hydrogen-bond acceptors (Lipinski definition) is 3. The van der Waals surface area contributed by atoms with Crippen molar-refractivity contribution in [2.45, 2.75) is 32.9 Å². The zero-order valence-electron chi connectivity index (χ0n) is 10.3. The highest BCUT2D eigenvalue weighted by Crippen LogP contribution is 2.17. The Labute approximate surface area is 97.4 Å². The lowest BCUT2D eigenvalue weighted by atomic mass is 10.1. The molecule has 0 aromatic carbocycles. The minimum absolute atomic E-state index is 0.448. The van der Waals surface area contributed by atoms with Crippen LogP contribution in [0.4, 0.5) is 0 Å². The Morgan fingerprint density at radius 2 is 2.38 bits per heavy atom. The van der Waals surface area contributed by atoms with E-state index in [1.807, 2.05) is 10.9 Å². The Bertz CT molecular complexity index is 332. The SMILES string of the molecule is CC(C)n1cc(CN2CCC(CN)C2)cn1. The van der Waals surface area contributed by atoms with E-state index in [4.69, 9.17) is 5.73 Å². The maximum absolute atomic E-state index is 5.69. The summed E-state index contributed by atoms with van der Waals surface area (Å²) in [6.45, 7) is 8.46. The second kappa shape index (κ2) is 4.97. The first-order valence-corrected chi connectivity index (χ1v) is 6.14. The Morgan fingerprint density at radius 1 is 1.56 bits per heavy atom. The summed E-state index contributed by atoms with van der Waals surface area (Å²) >= 11 is 0. The maximum atomic E-state index is 5.69. The Kier molecular flexibility index (Phi) is 3.61. The van der Waals surface area contributed by atoms with Gasteiger partial charge < -0.3 is 5.73 Å². The van der Waals surface area contributed by atoms with Gasteiger partial charge in [-0.1, -0.05) is 0 Å². The molecule has 0 bridgehead atoms. The predicted molar refractivity (Wildman–Crippen MR) is 65.1 cm³/mol. The van der Waals surface area contributed by atoms with Gasteiger partial charge in [-0.2, -0.15) is 5.10 Å². The molecule has 1 fully saturated rings. The molecule has 0 radical (unpaired) electrons. The summed E-state index contributed by atoms with van der Waals surface area (Å²) in [4.78, 5) is 2.47. The van der Waals surface area contributed by atoms with Crippen molar-refractivity contribution in [1.82, 2.24) is 14.7 Å². The Hall–Kier alpha value is -0.870. The standard InChI is InChI=1S/C12H22N4/c1-10(2)16-9-12(6-14-16)8-15-4-3-11(5-13)7-15/h6,9-11H,3-5,7-8,13H2,1-2H3. The van der Waals surface area contributed by atoms with Crippen LogP contribution in [0.15, 0.2) is 12.4 Å². The molecule has 16 heavy (non-hydrogen) atoms. The smallest absolute Gasteiger partial charge is 0.0534 e. The van der Waals surface area contributed by atoms with Gasteiger partial charge in [-0.15, -0.1) is 0 Å². The molecule has 1 saturated heterocycles. The van der Waals surface area contributed by atoms with Gasteiger partial charge in [-0.3, -0.25) is 9.58 Å². The molecule has 0 spiro atoms. The third-order valence-electron chi connectivity index (χ3n) is 3.29. The van der Waals surface area contributed by atoms with E-state index in [-0.39, 0.29) is 0 Å². The molecule has 4 heteroatoms. The van der Waals surface area contributed by atoms with Gasteiger partial charge in [-0.05, 0) is 39.3 Å². The maximum Gasteiger partial charge on any atom is 0.0534 e. The van der Waals surface area contributed by atoms with Gasteiger partial charge in [0, 0.05) is 30.9 Å². The Balaban J connectivity index is 1.89. The van der Waals surface area contributed by atoms with E-state index >= 15 is 0 Å². The van der Waals surface area contributed by atoms with Crippen LogP contribution in [-0.4, -0.2) is 34.3 Å². The van der Waals surface area contributed by atoms with Gasteiger partial charge in [0.2, 0.25) is 0 Å². The molecular weight excluding hydrogens is 200 g/mol. The average molecular weight is 222 g/mol. The molecule has 2 rings (SSSR count). The summed E-state index contributed by atoms with van der Waals surface area (Å²) in [6.07, 6.45) is 5.38. The van der Waals surface area contributed by atoms with E-state index in [2.05, 4.69) is 30.0 Å². The highest BCUT2D eigenvalue weighted by Gasteiger charge is 2.21. The van der Waals surface area contributed by atoms with Gasteiger partial charge in [0.1, 0.15) is 0 Å². The summed E-state index contributed by atoms with van der Waals surface area (Å²) in [5, 5.41) is 4.36. The molecule has 4 nitrogen and oxygen atoms in total. The molecule has 1 aromatic rings. The van der Waals surface area contributed by atoms with Gasteiger partial charge in [-0.25, -0.2) is 0 Å². The van der Waals surface area contributed by atoms with E-state index in [1.165, 1.54) is 18.5 Å². The number of nitrogens with two attached hydrogens (primary N) is 1. The van der Waals surface area contributed by atoms with Crippen LogP contribution in [0.25, 0.3) is 0 Å². The summed E-state index contributed by atoms with van der Waals surface area (Å²) in [6, 6.07) is 0.448. The first-order valence-electron chi connectivity index (χ1n) is 6.14. The molecule has 1 aliphatic rings. The highest BCUT2D eigenvalue weighted by molar-refractivity contribution is 5.04. The molecule has 0 amide bonds. The van der Waals surface area contributed by atoms with Crippen molar-refractivity contribution >= 4 is 0 Å². The van der Waals surface area contributed by atoms with E-state index in [1.54, 1.807) is 0 Å². The fraction of sp³-hybridized carbons (Fsp3) is 0.750. The van der Waals surface area contributed by atoms with Crippen LogP contribution in [0.2, 0.25) is 0 Å². The van der Waals surface area contributed by atoms with Crippen molar-refractivity contribution in [2.75, 3.05) is 19.6 Å². The van der Waals surface area contributed by atoms with E-state index < -0.39 is 0 Å². The minimum atomic E-state index is 0.448. The molecule has 2 heterocycles. The minimum Gasteiger partial charge on any atom is -0.330 e. The van der Waals surface area contributed by atoms with Crippen molar-refractivity contribution in [3.05, 3.63) is 18.0 Å². The number of nitrogens with zero attached hydrogens (tertiary/aromatic N) is 3. The lowest BCUT2D eigenvalue weighted by Gasteiger charge is -2.14. The molecule has 0 saturated carbocycles. The van der Waals surface area contributed by atoms with Gasteiger partial charge in [0.25, 0.3) is 0 Å². The highest BCUT2D eigenvalue weighted by atomic mass is 15.3. The molecule has 1 aromatic heterocycles. The van der Waals surface area contributed by atoms with Crippen LogP contribution in [0.5, 0.6) is 0 Å². The van der Waals surface area contributed by atoms with Crippen LogP contribution in [0.3, 0.4) is 0 Å². The number of rotatable bonds is 4. The van der Waals surface area contributed by atoms with Crippen molar-refractivity contribution in [1.29, 1.82) is 0 Å². The molecule has 1 aliphatic heterocycles. The van der Waals surface area contributed by atoms with Crippen LogP contribution in [0.1, 0.15) is 31.9 Å². The van der Waals surface area contributed by atoms with E-state index in [9.17, 15) is 0 Å². The third-order valence-corrected chi connectivity index (χ3v) is 3.29. The lowest BCUT2D eigenvalue weighted by molar-refractivity contribution is 0.317. The molecule has 1 unspecified atom stereocenters. The summed E-state index contributed by atoms with van der Waals surface area (Å²) in [5.74, 6) is 0.695. The monoisotopic (exact) mass is 222 g/mol. The van der Waals surface area contributed by atoms with Gasteiger partial charge in [0.15, 0.2) is 0 Å². The van der Waals surface area contributed by atoms with Crippen molar-refractivity contribution in [3.8, 4) is 0 Å². The fourth-order valence-electron chi connectivity index (χ4n) is 2.25. The quantitative estimate of drug-likeness (QED) is 0.834. The zero-order valence-corrected chi connectivity index (χ0v) is 10.3. The van der Waals surface area contributed by atoms with Crippen molar-refractivity contribution in [3.63, 3.8) is 0 Å². The second-order valence-electron chi connectivity index (χ2n) is 5.05. The summed E-state index contributed by atoms with van der Waals surface area (Å²) < 4.78 is 2.02. The lowest BCUT2D eigenvalue weighted by Crippen LogP contribution is -2.22.